The van der Waals surface area contributed by atoms with Crippen LogP contribution in [0.15, 0.2) is 23.1 Å². The molecule has 1 aromatic rings. The smallest absolute Gasteiger partial charge is 0.242 e. The second-order valence-corrected chi connectivity index (χ2v) is 6.80. The predicted octanol–water partition coefficient (Wildman–Crippen LogP) is 2.15. The molecule has 1 aromatic carbocycles. The van der Waals surface area contributed by atoms with Gasteiger partial charge in [-0.1, -0.05) is 31.0 Å². The van der Waals surface area contributed by atoms with Gasteiger partial charge in [0.15, 0.2) is 0 Å². The highest BCUT2D eigenvalue weighted by Crippen LogP contribution is 2.22. The third kappa shape index (κ3) is 6.32. The normalized spacial score (nSPS) is 11.8. The molecule has 0 bridgehead atoms. The maximum absolute atomic E-state index is 12.2. The second kappa shape index (κ2) is 9.38. The number of nitrogens with one attached hydrogen (secondary N) is 2. The van der Waals surface area contributed by atoms with Crippen LogP contribution in [0.25, 0.3) is 0 Å². The number of hydrogen-bond acceptors (Lipinski definition) is 4. The van der Waals surface area contributed by atoms with E-state index in [-0.39, 0.29) is 16.5 Å². The molecule has 0 aliphatic carbocycles. The Morgan fingerprint density at radius 3 is 2.71 bits per heavy atom. The first-order chi connectivity index (χ1) is 10.0. The van der Waals surface area contributed by atoms with E-state index in [0.29, 0.717) is 19.8 Å². The van der Waals surface area contributed by atoms with Crippen LogP contribution < -0.4 is 10.0 Å². The molecule has 5 nitrogen and oxygen atoms in total. The van der Waals surface area contributed by atoms with Crippen molar-refractivity contribution in [3.63, 3.8) is 0 Å². The van der Waals surface area contributed by atoms with Crippen LogP contribution in [0.5, 0.6) is 0 Å². The summed E-state index contributed by atoms with van der Waals surface area (Å²) in [5.74, 6) is 0. The van der Waals surface area contributed by atoms with E-state index in [1.165, 1.54) is 0 Å². The Morgan fingerprint density at radius 1 is 1.29 bits per heavy atom. The molecule has 0 radical (unpaired) electrons. The lowest BCUT2D eigenvalue weighted by molar-refractivity contribution is 0.136. The molecule has 0 spiro atoms. The fourth-order valence-corrected chi connectivity index (χ4v) is 3.30. The van der Waals surface area contributed by atoms with Gasteiger partial charge in [-0.2, -0.15) is 0 Å². The first kappa shape index (κ1) is 18.4. The molecule has 0 aromatic heterocycles. The summed E-state index contributed by atoms with van der Waals surface area (Å²) in [5.41, 5.74) is 0.862. The van der Waals surface area contributed by atoms with E-state index in [9.17, 15) is 8.42 Å². The lowest BCUT2D eigenvalue weighted by Crippen LogP contribution is -2.28. The largest absolute Gasteiger partial charge is 0.380 e. The van der Waals surface area contributed by atoms with E-state index < -0.39 is 10.0 Å². The summed E-state index contributed by atoms with van der Waals surface area (Å²) >= 11 is 5.99. The zero-order valence-electron chi connectivity index (χ0n) is 12.5. The van der Waals surface area contributed by atoms with Gasteiger partial charge in [0.05, 0.1) is 11.6 Å². The summed E-state index contributed by atoms with van der Waals surface area (Å²) in [4.78, 5) is 0.102. The van der Waals surface area contributed by atoms with Crippen LogP contribution in [0, 0.1) is 0 Å². The molecule has 0 aliphatic heterocycles. The Bertz CT molecular complexity index is 535. The van der Waals surface area contributed by atoms with Crippen LogP contribution in [0.1, 0.15) is 25.3 Å². The zero-order valence-corrected chi connectivity index (χ0v) is 14.1. The average molecular weight is 335 g/mol. The molecule has 0 fully saturated rings. The minimum Gasteiger partial charge on any atom is -0.380 e. The predicted molar refractivity (Wildman–Crippen MR) is 85.1 cm³/mol. The molecule has 120 valence electrons. The molecular weight excluding hydrogens is 312 g/mol. The van der Waals surface area contributed by atoms with Crippen molar-refractivity contribution >= 4 is 21.6 Å². The van der Waals surface area contributed by atoms with E-state index in [2.05, 4.69) is 17.0 Å². The minimum absolute atomic E-state index is 0.102. The van der Waals surface area contributed by atoms with Crippen molar-refractivity contribution in [2.75, 3.05) is 26.8 Å². The summed E-state index contributed by atoms with van der Waals surface area (Å²) in [6.07, 6.45) is 2.03. The molecule has 0 aliphatic rings. The summed E-state index contributed by atoms with van der Waals surface area (Å²) < 4.78 is 32.3. The van der Waals surface area contributed by atoms with Gasteiger partial charge in [0.2, 0.25) is 10.0 Å². The van der Waals surface area contributed by atoms with Crippen LogP contribution >= 0.6 is 11.6 Å². The Balaban J connectivity index is 2.63. The standard InChI is InChI=1S/C14H23ClN2O3S/c1-3-4-8-20-9-7-17-21(18,19)14-10-12(11-16-2)5-6-13(14)15/h5-6,10,16-17H,3-4,7-9,11H2,1-2H3. The molecule has 0 amide bonds. The van der Waals surface area contributed by atoms with Crippen molar-refractivity contribution in [1.29, 1.82) is 0 Å². The SMILES string of the molecule is CCCCOCCNS(=O)(=O)c1cc(CNC)ccc1Cl. The molecule has 0 saturated heterocycles. The molecule has 21 heavy (non-hydrogen) atoms. The second-order valence-electron chi connectivity index (χ2n) is 4.66. The van der Waals surface area contributed by atoms with Gasteiger partial charge in [-0.3, -0.25) is 0 Å². The number of sulfonamides is 1. The van der Waals surface area contributed by atoms with Gasteiger partial charge in [0.25, 0.3) is 0 Å². The Labute approximate surface area is 132 Å². The quantitative estimate of drug-likeness (QED) is 0.643. The number of hydrogen-bond donors (Lipinski definition) is 2. The maximum Gasteiger partial charge on any atom is 0.242 e. The fraction of sp³-hybridized carbons (Fsp3) is 0.571. The van der Waals surface area contributed by atoms with Gasteiger partial charge in [0, 0.05) is 19.7 Å². The van der Waals surface area contributed by atoms with Crippen LogP contribution in [0.3, 0.4) is 0 Å². The topological polar surface area (TPSA) is 67.4 Å². The molecule has 0 saturated carbocycles. The summed E-state index contributed by atoms with van der Waals surface area (Å²) in [7, 11) is -1.81. The summed E-state index contributed by atoms with van der Waals surface area (Å²) in [6, 6.07) is 4.98. The van der Waals surface area contributed by atoms with Crippen LogP contribution in [0.4, 0.5) is 0 Å². The molecule has 0 atom stereocenters. The van der Waals surface area contributed by atoms with E-state index in [0.717, 1.165) is 18.4 Å². The monoisotopic (exact) mass is 334 g/mol. The Morgan fingerprint density at radius 2 is 2.05 bits per heavy atom. The average Bonchev–Trinajstić information content (AvgIpc) is 2.45. The van der Waals surface area contributed by atoms with Crippen molar-refractivity contribution < 1.29 is 13.2 Å². The van der Waals surface area contributed by atoms with E-state index in [1.54, 1.807) is 25.2 Å². The highest BCUT2D eigenvalue weighted by Gasteiger charge is 2.17. The van der Waals surface area contributed by atoms with Crippen molar-refractivity contribution in [3.05, 3.63) is 28.8 Å². The van der Waals surface area contributed by atoms with Crippen LogP contribution in [0.2, 0.25) is 5.02 Å². The number of unbranched alkanes of at least 4 members (excludes halogenated alkanes) is 1. The van der Waals surface area contributed by atoms with Crippen LogP contribution in [-0.2, 0) is 21.3 Å². The minimum atomic E-state index is -3.61. The van der Waals surface area contributed by atoms with E-state index in [1.807, 2.05) is 0 Å². The highest BCUT2D eigenvalue weighted by molar-refractivity contribution is 7.89. The summed E-state index contributed by atoms with van der Waals surface area (Å²) in [5, 5.41) is 3.19. The maximum atomic E-state index is 12.2. The van der Waals surface area contributed by atoms with E-state index in [4.69, 9.17) is 16.3 Å². The first-order valence-electron chi connectivity index (χ1n) is 7.01. The molecule has 1 rings (SSSR count). The van der Waals surface area contributed by atoms with Crippen molar-refractivity contribution in [2.24, 2.45) is 0 Å². The third-order valence-corrected chi connectivity index (χ3v) is 4.79. The number of benzene rings is 1. The Kier molecular flexibility index (Phi) is 8.21. The van der Waals surface area contributed by atoms with Crippen molar-refractivity contribution in [2.45, 2.75) is 31.2 Å². The van der Waals surface area contributed by atoms with Crippen molar-refractivity contribution in [1.82, 2.24) is 10.0 Å². The zero-order chi connectivity index (χ0) is 15.7. The molecule has 7 heteroatoms. The Hall–Kier alpha value is -0.660. The van der Waals surface area contributed by atoms with Gasteiger partial charge < -0.3 is 10.1 Å². The fourth-order valence-electron chi connectivity index (χ4n) is 1.74. The third-order valence-electron chi connectivity index (χ3n) is 2.85. The first-order valence-corrected chi connectivity index (χ1v) is 8.87. The lowest BCUT2D eigenvalue weighted by atomic mass is 10.2. The van der Waals surface area contributed by atoms with E-state index >= 15 is 0 Å². The lowest BCUT2D eigenvalue weighted by Gasteiger charge is -2.10. The van der Waals surface area contributed by atoms with Gasteiger partial charge in [-0.05, 0) is 31.2 Å². The van der Waals surface area contributed by atoms with Gasteiger partial charge in [-0.25, -0.2) is 13.1 Å². The highest BCUT2D eigenvalue weighted by atomic mass is 35.5. The van der Waals surface area contributed by atoms with Gasteiger partial charge in [-0.15, -0.1) is 0 Å². The number of rotatable bonds is 10. The van der Waals surface area contributed by atoms with Crippen LogP contribution in [-0.4, -0.2) is 35.2 Å². The molecular formula is C14H23ClN2O3S. The number of ether oxygens (including phenoxy) is 1. The van der Waals surface area contributed by atoms with Crippen molar-refractivity contribution in [3.8, 4) is 0 Å². The van der Waals surface area contributed by atoms with Gasteiger partial charge >= 0.3 is 0 Å². The van der Waals surface area contributed by atoms with Gasteiger partial charge in [0.1, 0.15) is 4.90 Å². The summed E-state index contributed by atoms with van der Waals surface area (Å²) in [6.45, 7) is 3.90. The molecule has 0 unspecified atom stereocenters. The molecule has 2 N–H and O–H groups in total. The molecule has 0 heterocycles. The number of halogens is 1.